The Kier molecular flexibility index (Phi) is 4.82. The number of nitrogens with one attached hydrogen (secondary N) is 1. The maximum atomic E-state index is 12.2. The minimum Gasteiger partial charge on any atom is -0.336 e. The van der Waals surface area contributed by atoms with E-state index in [1.807, 2.05) is 4.90 Å². The van der Waals surface area contributed by atoms with Crippen LogP contribution in [0.3, 0.4) is 0 Å². The Balaban J connectivity index is 2.57. The molecule has 1 atom stereocenters. The lowest BCUT2D eigenvalue weighted by Crippen LogP contribution is -2.45. The zero-order valence-electron chi connectivity index (χ0n) is 9.83. The van der Waals surface area contributed by atoms with Gasteiger partial charge in [-0.15, -0.1) is 6.58 Å². The summed E-state index contributed by atoms with van der Waals surface area (Å²) in [5.41, 5.74) is 0. The minimum absolute atomic E-state index is 0.168. The fraction of sp³-hybridized carbons (Fsp3) is 0.750. The predicted octanol–water partition coefficient (Wildman–Crippen LogP) is 1.41. The molecule has 0 aromatic carbocycles. The van der Waals surface area contributed by atoms with Crippen LogP contribution in [0.2, 0.25) is 0 Å². The fourth-order valence-electron chi connectivity index (χ4n) is 1.99. The number of carbonyl (C=O) groups excluding carboxylic acids is 1. The lowest BCUT2D eigenvalue weighted by molar-refractivity contribution is -0.137. The van der Waals surface area contributed by atoms with Crippen LogP contribution in [0.1, 0.15) is 26.7 Å². The van der Waals surface area contributed by atoms with Crippen LogP contribution in [0.4, 0.5) is 0 Å². The maximum Gasteiger partial charge on any atom is 0.227 e. The van der Waals surface area contributed by atoms with Gasteiger partial charge in [0.2, 0.25) is 5.91 Å². The van der Waals surface area contributed by atoms with Gasteiger partial charge in [0.15, 0.2) is 0 Å². The van der Waals surface area contributed by atoms with Gasteiger partial charge in [-0.3, -0.25) is 4.79 Å². The predicted molar refractivity (Wildman–Crippen MR) is 62.6 cm³/mol. The molecule has 1 aliphatic rings. The largest absolute Gasteiger partial charge is 0.336 e. The normalized spacial score (nSPS) is 21.4. The van der Waals surface area contributed by atoms with Crippen molar-refractivity contribution in [3.63, 3.8) is 0 Å². The maximum absolute atomic E-state index is 12.2. The smallest absolute Gasteiger partial charge is 0.227 e. The van der Waals surface area contributed by atoms with Gasteiger partial charge in [0, 0.05) is 19.1 Å². The highest BCUT2D eigenvalue weighted by molar-refractivity contribution is 5.79. The van der Waals surface area contributed by atoms with Gasteiger partial charge in [-0.1, -0.05) is 6.08 Å². The summed E-state index contributed by atoms with van der Waals surface area (Å²) in [6.07, 6.45) is 3.93. The van der Waals surface area contributed by atoms with Crippen LogP contribution in [-0.4, -0.2) is 36.5 Å². The van der Waals surface area contributed by atoms with E-state index in [0.717, 1.165) is 25.9 Å². The summed E-state index contributed by atoms with van der Waals surface area (Å²) in [5.74, 6) is 0.443. The first-order valence-corrected chi connectivity index (χ1v) is 5.79. The second-order valence-corrected chi connectivity index (χ2v) is 4.42. The van der Waals surface area contributed by atoms with E-state index in [4.69, 9.17) is 0 Å². The van der Waals surface area contributed by atoms with Gasteiger partial charge in [0.05, 0.1) is 5.92 Å². The average Bonchev–Trinajstić information content (AvgIpc) is 2.26. The van der Waals surface area contributed by atoms with Gasteiger partial charge in [-0.05, 0) is 33.2 Å². The summed E-state index contributed by atoms with van der Waals surface area (Å²) >= 11 is 0. The molecule has 0 saturated carbocycles. The molecule has 15 heavy (non-hydrogen) atoms. The molecule has 0 aliphatic carbocycles. The quantitative estimate of drug-likeness (QED) is 0.712. The molecule has 1 heterocycles. The highest BCUT2D eigenvalue weighted by Gasteiger charge is 2.26. The Morgan fingerprint density at radius 2 is 2.40 bits per heavy atom. The Bertz CT molecular complexity index is 220. The standard InChI is InChI=1S/C12H22N2O/c1-4-8-14(10(2)3)12(15)11-6-5-7-13-9-11/h4,10-11,13H,1,5-9H2,2-3H3. The van der Waals surface area contributed by atoms with Crippen molar-refractivity contribution in [2.75, 3.05) is 19.6 Å². The highest BCUT2D eigenvalue weighted by atomic mass is 16.2. The van der Waals surface area contributed by atoms with E-state index in [1.165, 1.54) is 0 Å². The first-order chi connectivity index (χ1) is 7.16. The van der Waals surface area contributed by atoms with Crippen LogP contribution < -0.4 is 5.32 Å². The molecule has 86 valence electrons. The molecule has 0 bridgehead atoms. The molecule has 1 aliphatic heterocycles. The van der Waals surface area contributed by atoms with Crippen LogP contribution in [0.5, 0.6) is 0 Å². The molecule has 0 radical (unpaired) electrons. The van der Waals surface area contributed by atoms with E-state index in [-0.39, 0.29) is 17.9 Å². The molecule has 1 rings (SSSR count). The van der Waals surface area contributed by atoms with E-state index in [9.17, 15) is 4.79 Å². The Hall–Kier alpha value is -0.830. The number of nitrogens with zero attached hydrogens (tertiary/aromatic N) is 1. The summed E-state index contributed by atoms with van der Waals surface area (Å²) in [7, 11) is 0. The van der Waals surface area contributed by atoms with Crippen molar-refractivity contribution in [2.24, 2.45) is 5.92 Å². The Morgan fingerprint density at radius 1 is 1.67 bits per heavy atom. The van der Waals surface area contributed by atoms with Crippen molar-refractivity contribution < 1.29 is 4.79 Å². The molecule has 3 heteroatoms. The molecular formula is C12H22N2O. The summed E-state index contributed by atoms with van der Waals surface area (Å²) < 4.78 is 0. The van der Waals surface area contributed by atoms with E-state index in [2.05, 4.69) is 25.7 Å². The molecule has 1 fully saturated rings. The Morgan fingerprint density at radius 3 is 2.87 bits per heavy atom. The van der Waals surface area contributed by atoms with Crippen molar-refractivity contribution in [3.05, 3.63) is 12.7 Å². The summed E-state index contributed by atoms with van der Waals surface area (Å²) in [4.78, 5) is 14.1. The van der Waals surface area contributed by atoms with Gasteiger partial charge in [0.25, 0.3) is 0 Å². The number of hydrogen-bond donors (Lipinski definition) is 1. The van der Waals surface area contributed by atoms with Crippen molar-refractivity contribution in [3.8, 4) is 0 Å². The van der Waals surface area contributed by atoms with E-state index in [1.54, 1.807) is 6.08 Å². The molecule has 0 spiro atoms. The van der Waals surface area contributed by atoms with Crippen LogP contribution in [0, 0.1) is 5.92 Å². The zero-order valence-corrected chi connectivity index (χ0v) is 9.83. The molecule has 0 aromatic heterocycles. The summed E-state index contributed by atoms with van der Waals surface area (Å²) in [6.45, 7) is 10.3. The van der Waals surface area contributed by atoms with Crippen molar-refractivity contribution in [1.29, 1.82) is 0 Å². The number of carbonyl (C=O) groups is 1. The third-order valence-electron chi connectivity index (χ3n) is 2.88. The SMILES string of the molecule is C=CCN(C(=O)C1CCCNC1)C(C)C. The Labute approximate surface area is 92.5 Å². The van der Waals surface area contributed by atoms with Gasteiger partial charge < -0.3 is 10.2 Å². The highest BCUT2D eigenvalue weighted by Crippen LogP contribution is 2.15. The molecule has 1 unspecified atom stereocenters. The van der Waals surface area contributed by atoms with Crippen LogP contribution in [0.25, 0.3) is 0 Å². The molecule has 1 saturated heterocycles. The van der Waals surface area contributed by atoms with Gasteiger partial charge in [-0.25, -0.2) is 0 Å². The van der Waals surface area contributed by atoms with E-state index >= 15 is 0 Å². The second kappa shape index (κ2) is 5.91. The number of piperidine rings is 1. The third-order valence-corrected chi connectivity index (χ3v) is 2.88. The van der Waals surface area contributed by atoms with Crippen LogP contribution in [0.15, 0.2) is 12.7 Å². The molecule has 3 nitrogen and oxygen atoms in total. The lowest BCUT2D eigenvalue weighted by Gasteiger charge is -2.31. The number of amides is 1. The molecular weight excluding hydrogens is 188 g/mol. The molecule has 1 amide bonds. The summed E-state index contributed by atoms with van der Waals surface area (Å²) in [6, 6.07) is 0.262. The molecule has 0 aromatic rings. The van der Waals surface area contributed by atoms with Gasteiger partial charge in [0.1, 0.15) is 0 Å². The fourth-order valence-corrected chi connectivity index (χ4v) is 1.99. The van der Waals surface area contributed by atoms with E-state index in [0.29, 0.717) is 6.54 Å². The van der Waals surface area contributed by atoms with Crippen LogP contribution in [-0.2, 0) is 4.79 Å². The lowest BCUT2D eigenvalue weighted by atomic mass is 9.97. The van der Waals surface area contributed by atoms with Crippen LogP contribution >= 0.6 is 0 Å². The molecule has 1 N–H and O–H groups in total. The van der Waals surface area contributed by atoms with Gasteiger partial charge >= 0.3 is 0 Å². The van der Waals surface area contributed by atoms with Crippen molar-refractivity contribution >= 4 is 5.91 Å². The average molecular weight is 210 g/mol. The van der Waals surface area contributed by atoms with Crippen molar-refractivity contribution in [1.82, 2.24) is 10.2 Å². The second-order valence-electron chi connectivity index (χ2n) is 4.42. The monoisotopic (exact) mass is 210 g/mol. The third kappa shape index (κ3) is 3.34. The van der Waals surface area contributed by atoms with Crippen molar-refractivity contribution in [2.45, 2.75) is 32.7 Å². The van der Waals surface area contributed by atoms with E-state index < -0.39 is 0 Å². The summed E-state index contributed by atoms with van der Waals surface area (Å²) in [5, 5.41) is 3.28. The topological polar surface area (TPSA) is 32.3 Å². The number of hydrogen-bond acceptors (Lipinski definition) is 2. The first kappa shape index (κ1) is 12.2. The van der Waals surface area contributed by atoms with Gasteiger partial charge in [-0.2, -0.15) is 0 Å². The first-order valence-electron chi connectivity index (χ1n) is 5.79. The minimum atomic E-state index is 0.168. The zero-order chi connectivity index (χ0) is 11.3. The number of rotatable bonds is 4.